The molecule has 0 aromatic carbocycles. The van der Waals surface area contributed by atoms with Gasteiger partial charge < -0.3 is 9.79 Å². The van der Waals surface area contributed by atoms with E-state index in [2.05, 4.69) is 4.52 Å². The summed E-state index contributed by atoms with van der Waals surface area (Å²) in [4.78, 5) is 15.4. The minimum atomic E-state index is -4.15. The second-order valence-corrected chi connectivity index (χ2v) is 2.02. The van der Waals surface area contributed by atoms with Gasteiger partial charge in [-0.1, -0.05) is 0 Å². The van der Waals surface area contributed by atoms with Crippen molar-refractivity contribution in [1.82, 2.24) is 0 Å². The van der Waals surface area contributed by atoms with Gasteiger partial charge in [0.1, 0.15) is 0 Å². The van der Waals surface area contributed by atoms with E-state index in [-0.39, 0.29) is 51.4 Å². The average molecular weight is 152 g/mol. The van der Waals surface area contributed by atoms with E-state index in [9.17, 15) is 4.57 Å². The molecule has 4 nitrogen and oxygen atoms in total. The fraction of sp³-hybridized carbons (Fsp3) is 1.00. The van der Waals surface area contributed by atoms with E-state index in [0.717, 1.165) is 7.11 Å². The summed E-state index contributed by atoms with van der Waals surface area (Å²) in [5, 5.41) is 0. The van der Waals surface area contributed by atoms with E-state index in [0.29, 0.717) is 0 Å². The van der Waals surface area contributed by atoms with E-state index in [4.69, 9.17) is 9.79 Å². The molecule has 0 spiro atoms. The number of hydrogen-bond acceptors (Lipinski definition) is 2. The van der Waals surface area contributed by atoms with Crippen molar-refractivity contribution in [3.05, 3.63) is 0 Å². The van der Waals surface area contributed by atoms with Crippen LogP contribution in [-0.2, 0) is 9.09 Å². The second-order valence-electron chi connectivity index (χ2n) is 0.673. The number of hydrogen-bond donors (Lipinski definition) is 2. The predicted octanol–water partition coefficient (Wildman–Crippen LogP) is -0.923. The Morgan fingerprint density at radius 2 is 1.71 bits per heavy atom. The normalized spacial score (nSPS) is 10.1. The van der Waals surface area contributed by atoms with Crippen molar-refractivity contribution >= 4 is 59.2 Å². The van der Waals surface area contributed by atoms with Crippen LogP contribution >= 0.6 is 7.82 Å². The van der Waals surface area contributed by atoms with Gasteiger partial charge in [0.05, 0.1) is 0 Å². The van der Waals surface area contributed by atoms with Gasteiger partial charge in [-0.2, -0.15) is 0 Å². The fourth-order valence-electron chi connectivity index (χ4n) is 0. The molecular formula is CH6KO4P. The first-order chi connectivity index (χ1) is 2.56. The van der Waals surface area contributed by atoms with Crippen LogP contribution in [0.15, 0.2) is 0 Å². The van der Waals surface area contributed by atoms with Crippen molar-refractivity contribution in [2.45, 2.75) is 0 Å². The number of phosphoric ester groups is 1. The molecular weight excluding hydrogens is 146 g/mol. The summed E-state index contributed by atoms with van der Waals surface area (Å²) in [6.07, 6.45) is 0. The van der Waals surface area contributed by atoms with Crippen molar-refractivity contribution in [1.29, 1.82) is 0 Å². The first-order valence-corrected chi connectivity index (χ1v) is 2.70. The van der Waals surface area contributed by atoms with E-state index >= 15 is 0 Å². The third kappa shape index (κ3) is 11.4. The Labute approximate surface area is 83.9 Å². The fourth-order valence-corrected chi connectivity index (χ4v) is 0. The molecule has 6 heteroatoms. The number of phosphoric acid groups is 1. The summed E-state index contributed by atoms with van der Waals surface area (Å²) >= 11 is 0. The second kappa shape index (κ2) is 4.61. The zero-order valence-corrected chi connectivity index (χ0v) is 4.05. The van der Waals surface area contributed by atoms with E-state index < -0.39 is 7.82 Å². The summed E-state index contributed by atoms with van der Waals surface area (Å²) in [7, 11) is -3.20. The quantitative estimate of drug-likeness (QED) is 0.376. The van der Waals surface area contributed by atoms with Crippen molar-refractivity contribution in [2.24, 2.45) is 0 Å². The van der Waals surface area contributed by atoms with Gasteiger partial charge >= 0.3 is 59.2 Å². The SMILES string of the molecule is COP(=O)(O)O.[KH]. The van der Waals surface area contributed by atoms with Gasteiger partial charge in [0.15, 0.2) is 0 Å². The maximum absolute atomic E-state index is 9.47. The first kappa shape index (κ1) is 11.5. The first-order valence-electron chi connectivity index (χ1n) is 1.17. The maximum atomic E-state index is 9.47. The summed E-state index contributed by atoms with van der Waals surface area (Å²) in [5.74, 6) is 0. The van der Waals surface area contributed by atoms with E-state index in [1.807, 2.05) is 0 Å². The van der Waals surface area contributed by atoms with Gasteiger partial charge in [-0.3, -0.25) is 4.52 Å². The van der Waals surface area contributed by atoms with Gasteiger partial charge in [0, 0.05) is 7.11 Å². The molecule has 0 unspecified atom stereocenters. The molecule has 0 atom stereocenters. The minimum absolute atomic E-state index is 0. The molecule has 2 N–H and O–H groups in total. The molecule has 0 radical (unpaired) electrons. The van der Waals surface area contributed by atoms with E-state index in [1.165, 1.54) is 0 Å². The molecule has 0 saturated heterocycles. The van der Waals surface area contributed by atoms with Crippen LogP contribution in [0, 0.1) is 0 Å². The Morgan fingerprint density at radius 1 is 1.57 bits per heavy atom. The van der Waals surface area contributed by atoms with Crippen LogP contribution in [0.25, 0.3) is 0 Å². The molecule has 0 rings (SSSR count). The standard InChI is InChI=1S/CH5O4P.K.H/c1-5-6(2,3)4;;/h1H3,(H2,2,3,4);;. The third-order valence-corrected chi connectivity index (χ3v) is 0.714. The molecule has 0 aliphatic heterocycles. The van der Waals surface area contributed by atoms with Crippen LogP contribution in [0.3, 0.4) is 0 Å². The van der Waals surface area contributed by atoms with Gasteiger partial charge in [-0.25, -0.2) is 4.57 Å². The summed E-state index contributed by atoms with van der Waals surface area (Å²) in [5.41, 5.74) is 0. The molecule has 7 heavy (non-hydrogen) atoms. The van der Waals surface area contributed by atoms with Crippen molar-refractivity contribution in [3.8, 4) is 0 Å². The van der Waals surface area contributed by atoms with Gasteiger partial charge in [-0.05, 0) is 0 Å². The Morgan fingerprint density at radius 3 is 1.71 bits per heavy atom. The molecule has 0 saturated carbocycles. The van der Waals surface area contributed by atoms with Crippen molar-refractivity contribution in [2.75, 3.05) is 7.11 Å². The van der Waals surface area contributed by atoms with Crippen LogP contribution in [0.4, 0.5) is 0 Å². The van der Waals surface area contributed by atoms with Crippen LogP contribution in [0.1, 0.15) is 0 Å². The van der Waals surface area contributed by atoms with Crippen LogP contribution in [0.2, 0.25) is 0 Å². The Hall–Kier alpha value is 1.75. The monoisotopic (exact) mass is 152 g/mol. The van der Waals surface area contributed by atoms with E-state index in [1.54, 1.807) is 0 Å². The Kier molecular flexibility index (Phi) is 7.59. The summed E-state index contributed by atoms with van der Waals surface area (Å²) in [6.45, 7) is 0. The molecule has 0 aromatic rings. The van der Waals surface area contributed by atoms with Crippen LogP contribution < -0.4 is 0 Å². The molecule has 0 aliphatic rings. The number of rotatable bonds is 1. The molecule has 0 aliphatic carbocycles. The topological polar surface area (TPSA) is 66.8 Å². The molecule has 0 aromatic heterocycles. The molecule has 0 heterocycles. The zero-order chi connectivity index (χ0) is 5.21. The van der Waals surface area contributed by atoms with Crippen LogP contribution in [0.5, 0.6) is 0 Å². The van der Waals surface area contributed by atoms with Crippen LogP contribution in [-0.4, -0.2) is 68.3 Å². The van der Waals surface area contributed by atoms with Gasteiger partial charge in [0.2, 0.25) is 0 Å². The molecule has 40 valence electrons. The third-order valence-electron chi connectivity index (χ3n) is 0.238. The molecule has 0 amide bonds. The van der Waals surface area contributed by atoms with Gasteiger partial charge in [0.25, 0.3) is 0 Å². The van der Waals surface area contributed by atoms with Gasteiger partial charge in [-0.15, -0.1) is 0 Å². The molecule has 0 bridgehead atoms. The predicted molar refractivity (Wildman–Crippen MR) is 26.2 cm³/mol. The zero-order valence-electron chi connectivity index (χ0n) is 3.16. The Balaban J connectivity index is 0. The molecule has 0 fully saturated rings. The van der Waals surface area contributed by atoms with Crippen molar-refractivity contribution < 1.29 is 18.9 Å². The summed E-state index contributed by atoms with van der Waals surface area (Å²) in [6, 6.07) is 0. The summed E-state index contributed by atoms with van der Waals surface area (Å²) < 4.78 is 13.1. The van der Waals surface area contributed by atoms with Crippen molar-refractivity contribution in [3.63, 3.8) is 0 Å². The average Bonchev–Trinajstić information content (AvgIpc) is 1.35. The Bertz CT molecular complexity index is 75.8.